The lowest BCUT2D eigenvalue weighted by Gasteiger charge is -2.33. The van der Waals surface area contributed by atoms with Gasteiger partial charge in [-0.25, -0.2) is 9.97 Å². The molecule has 0 saturated carbocycles. The highest BCUT2D eigenvalue weighted by atomic mass is 35.5. The van der Waals surface area contributed by atoms with E-state index in [9.17, 15) is 0 Å². The Bertz CT molecular complexity index is 873. The van der Waals surface area contributed by atoms with Gasteiger partial charge in [0.05, 0.1) is 16.9 Å². The second-order valence-electron chi connectivity index (χ2n) is 6.29. The molecule has 4 rings (SSSR count). The molecular formula is C18H19ClN6O. The van der Waals surface area contributed by atoms with E-state index in [-0.39, 0.29) is 6.10 Å². The highest BCUT2D eigenvalue weighted by Gasteiger charge is 2.22. The summed E-state index contributed by atoms with van der Waals surface area (Å²) in [5, 5.41) is 4.84. The Kier molecular flexibility index (Phi) is 4.71. The Morgan fingerprint density at radius 1 is 1.08 bits per heavy atom. The average molecular weight is 371 g/mol. The molecule has 8 heteroatoms. The van der Waals surface area contributed by atoms with E-state index in [0.29, 0.717) is 11.0 Å². The number of ether oxygens (including phenoxy) is 1. The van der Waals surface area contributed by atoms with Crippen molar-refractivity contribution in [2.45, 2.75) is 18.9 Å². The smallest absolute Gasteiger partial charge is 0.316 e. The van der Waals surface area contributed by atoms with Crippen LogP contribution in [0.5, 0.6) is 6.01 Å². The van der Waals surface area contributed by atoms with E-state index >= 15 is 0 Å². The van der Waals surface area contributed by atoms with Crippen LogP contribution in [0, 0.1) is 0 Å². The van der Waals surface area contributed by atoms with Crippen LogP contribution in [0.2, 0.25) is 5.02 Å². The number of hydrogen-bond donors (Lipinski definition) is 0. The van der Waals surface area contributed by atoms with Crippen LogP contribution < -0.4 is 9.64 Å². The molecule has 0 atom stereocenters. The summed E-state index contributed by atoms with van der Waals surface area (Å²) in [4.78, 5) is 15.0. The molecule has 7 nitrogen and oxygen atoms in total. The number of aryl methyl sites for hydroxylation is 1. The van der Waals surface area contributed by atoms with E-state index in [1.807, 2.05) is 19.3 Å². The van der Waals surface area contributed by atoms with E-state index in [4.69, 9.17) is 16.3 Å². The summed E-state index contributed by atoms with van der Waals surface area (Å²) in [6.45, 7) is 1.75. The number of pyridine rings is 1. The van der Waals surface area contributed by atoms with E-state index in [0.717, 1.165) is 42.7 Å². The van der Waals surface area contributed by atoms with Crippen molar-refractivity contribution in [3.05, 3.63) is 48.3 Å². The Labute approximate surface area is 156 Å². The number of anilines is 1. The van der Waals surface area contributed by atoms with Crippen LogP contribution in [0.15, 0.2) is 43.2 Å². The van der Waals surface area contributed by atoms with Crippen LogP contribution in [-0.2, 0) is 7.05 Å². The van der Waals surface area contributed by atoms with Gasteiger partial charge in [-0.3, -0.25) is 9.67 Å². The molecule has 0 radical (unpaired) electrons. The van der Waals surface area contributed by atoms with E-state index in [1.165, 1.54) is 0 Å². The van der Waals surface area contributed by atoms with Crippen LogP contribution in [0.25, 0.3) is 11.1 Å². The maximum Gasteiger partial charge on any atom is 0.316 e. The maximum absolute atomic E-state index is 6.23. The second-order valence-corrected chi connectivity index (χ2v) is 6.70. The van der Waals surface area contributed by atoms with Gasteiger partial charge in [0.15, 0.2) is 0 Å². The van der Waals surface area contributed by atoms with Crippen molar-refractivity contribution in [1.29, 1.82) is 0 Å². The Balaban J connectivity index is 1.35. The fraction of sp³-hybridized carbons (Fsp3) is 0.333. The minimum atomic E-state index is 0.108. The third-order valence-corrected chi connectivity index (χ3v) is 4.76. The monoisotopic (exact) mass is 370 g/mol. The number of rotatable bonds is 4. The molecule has 0 aliphatic carbocycles. The first kappa shape index (κ1) is 16.8. The summed E-state index contributed by atoms with van der Waals surface area (Å²) in [5.74, 6) is 0. The fourth-order valence-electron chi connectivity index (χ4n) is 3.08. The highest BCUT2D eigenvalue weighted by molar-refractivity contribution is 6.33. The first-order valence-corrected chi connectivity index (χ1v) is 8.89. The Hall–Kier alpha value is -2.67. The number of aromatic nitrogens is 5. The molecule has 3 aromatic rings. The summed E-state index contributed by atoms with van der Waals surface area (Å²) in [5.41, 5.74) is 2.94. The molecule has 1 aliphatic heterocycles. The lowest BCUT2D eigenvalue weighted by molar-refractivity contribution is 0.156. The first-order valence-electron chi connectivity index (χ1n) is 8.51. The number of hydrogen-bond acceptors (Lipinski definition) is 6. The summed E-state index contributed by atoms with van der Waals surface area (Å²) in [6, 6.07) is 2.36. The largest absolute Gasteiger partial charge is 0.460 e. The van der Waals surface area contributed by atoms with E-state index in [1.54, 1.807) is 35.7 Å². The van der Waals surface area contributed by atoms with Gasteiger partial charge >= 0.3 is 6.01 Å². The number of piperidine rings is 1. The topological polar surface area (TPSA) is 69.0 Å². The molecule has 3 aromatic heterocycles. The molecule has 0 bridgehead atoms. The molecule has 4 heterocycles. The molecule has 26 heavy (non-hydrogen) atoms. The zero-order chi connectivity index (χ0) is 17.9. The third kappa shape index (κ3) is 3.62. The molecule has 0 amide bonds. The first-order chi connectivity index (χ1) is 12.7. The SMILES string of the molecule is Cn1cc(-c2cnc(OC3CCN(c4ccncc4Cl)CC3)nc2)cn1. The van der Waals surface area contributed by atoms with Gasteiger partial charge in [0.1, 0.15) is 6.10 Å². The van der Waals surface area contributed by atoms with Crippen molar-refractivity contribution in [3.63, 3.8) is 0 Å². The van der Waals surface area contributed by atoms with Crippen molar-refractivity contribution in [3.8, 4) is 17.1 Å². The van der Waals surface area contributed by atoms with Crippen molar-refractivity contribution in [1.82, 2.24) is 24.7 Å². The fourth-order valence-corrected chi connectivity index (χ4v) is 3.32. The van der Waals surface area contributed by atoms with Gasteiger partial charge in [0, 0.05) is 75.1 Å². The third-order valence-electron chi connectivity index (χ3n) is 4.47. The minimum absolute atomic E-state index is 0.108. The lowest BCUT2D eigenvalue weighted by atomic mass is 10.1. The average Bonchev–Trinajstić information content (AvgIpc) is 3.10. The molecule has 1 fully saturated rings. The molecular weight excluding hydrogens is 352 g/mol. The Morgan fingerprint density at radius 2 is 1.85 bits per heavy atom. The maximum atomic E-state index is 6.23. The van der Waals surface area contributed by atoms with Crippen LogP contribution in [0.4, 0.5) is 5.69 Å². The summed E-state index contributed by atoms with van der Waals surface area (Å²) >= 11 is 6.23. The summed E-state index contributed by atoms with van der Waals surface area (Å²) < 4.78 is 7.70. The molecule has 134 valence electrons. The predicted molar refractivity (Wildman–Crippen MR) is 99.3 cm³/mol. The van der Waals surface area contributed by atoms with Gasteiger partial charge in [-0.05, 0) is 6.07 Å². The van der Waals surface area contributed by atoms with Gasteiger partial charge in [-0.1, -0.05) is 11.6 Å². The van der Waals surface area contributed by atoms with Crippen LogP contribution >= 0.6 is 11.6 Å². The minimum Gasteiger partial charge on any atom is -0.460 e. The van der Waals surface area contributed by atoms with E-state index in [2.05, 4.69) is 25.0 Å². The van der Waals surface area contributed by atoms with Gasteiger partial charge in [-0.15, -0.1) is 0 Å². The normalized spacial score (nSPS) is 15.2. The van der Waals surface area contributed by atoms with Gasteiger partial charge in [-0.2, -0.15) is 5.10 Å². The van der Waals surface area contributed by atoms with Gasteiger partial charge in [0.25, 0.3) is 0 Å². The summed E-state index contributed by atoms with van der Waals surface area (Å²) in [7, 11) is 1.88. The van der Waals surface area contributed by atoms with Crippen LogP contribution in [-0.4, -0.2) is 43.9 Å². The number of nitrogens with zero attached hydrogens (tertiary/aromatic N) is 6. The molecule has 0 unspecified atom stereocenters. The van der Waals surface area contributed by atoms with Crippen LogP contribution in [0.3, 0.4) is 0 Å². The van der Waals surface area contributed by atoms with Gasteiger partial charge in [0.2, 0.25) is 0 Å². The van der Waals surface area contributed by atoms with Crippen molar-refractivity contribution < 1.29 is 4.74 Å². The molecule has 0 aromatic carbocycles. The summed E-state index contributed by atoms with van der Waals surface area (Å²) in [6.07, 6.45) is 12.6. The number of halogens is 1. The lowest BCUT2D eigenvalue weighted by Crippen LogP contribution is -2.38. The van der Waals surface area contributed by atoms with E-state index < -0.39 is 0 Å². The van der Waals surface area contributed by atoms with Gasteiger partial charge < -0.3 is 9.64 Å². The zero-order valence-corrected chi connectivity index (χ0v) is 15.2. The predicted octanol–water partition coefficient (Wildman–Crippen LogP) is 2.97. The van der Waals surface area contributed by atoms with Crippen molar-refractivity contribution >= 4 is 17.3 Å². The second kappa shape index (κ2) is 7.29. The van der Waals surface area contributed by atoms with Crippen molar-refractivity contribution in [2.75, 3.05) is 18.0 Å². The standard InChI is InChI=1S/C18H19ClN6O/c1-24-12-14(10-23-24)13-8-21-18(22-9-13)26-15-3-6-25(7-4-15)17-2-5-20-11-16(17)19/h2,5,8-12,15H,3-4,6-7H2,1H3. The highest BCUT2D eigenvalue weighted by Crippen LogP contribution is 2.28. The van der Waals surface area contributed by atoms with Crippen LogP contribution in [0.1, 0.15) is 12.8 Å². The quantitative estimate of drug-likeness (QED) is 0.703. The molecule has 1 aliphatic rings. The Morgan fingerprint density at radius 3 is 2.50 bits per heavy atom. The van der Waals surface area contributed by atoms with Crippen molar-refractivity contribution in [2.24, 2.45) is 7.05 Å². The zero-order valence-electron chi connectivity index (χ0n) is 14.4. The molecule has 1 saturated heterocycles. The molecule has 0 spiro atoms. The molecule has 0 N–H and O–H groups in total.